The van der Waals surface area contributed by atoms with Gasteiger partial charge in [-0.1, -0.05) is 48.5 Å². The van der Waals surface area contributed by atoms with Crippen LogP contribution >= 0.6 is 0 Å². The summed E-state index contributed by atoms with van der Waals surface area (Å²) in [4.78, 5) is 12.8. The smallest absolute Gasteiger partial charge is 0.251 e. The zero-order valence-electron chi connectivity index (χ0n) is 19.1. The molecular formula is C27H30N2O3S. The molecule has 0 saturated carbocycles. The molecular weight excluding hydrogens is 432 g/mol. The Bertz CT molecular complexity index is 1220. The number of carbonyl (C=O) groups is 1. The van der Waals surface area contributed by atoms with E-state index in [0.29, 0.717) is 11.3 Å². The molecule has 0 radical (unpaired) electrons. The third-order valence-corrected chi connectivity index (χ3v) is 7.35. The molecule has 1 aliphatic carbocycles. The first-order valence-corrected chi connectivity index (χ1v) is 13.2. The van der Waals surface area contributed by atoms with E-state index in [2.05, 4.69) is 23.5 Å². The highest BCUT2D eigenvalue weighted by molar-refractivity contribution is 7.92. The number of hydrogen-bond acceptors (Lipinski definition) is 3. The average Bonchev–Trinajstić information content (AvgIpc) is 2.82. The number of amides is 1. The van der Waals surface area contributed by atoms with E-state index >= 15 is 0 Å². The molecule has 0 fully saturated rings. The van der Waals surface area contributed by atoms with Crippen LogP contribution in [-0.2, 0) is 29.4 Å². The van der Waals surface area contributed by atoms with Gasteiger partial charge in [-0.2, -0.15) is 0 Å². The minimum atomic E-state index is -3.48. The first kappa shape index (κ1) is 23.1. The van der Waals surface area contributed by atoms with Gasteiger partial charge in [-0.15, -0.1) is 0 Å². The fourth-order valence-electron chi connectivity index (χ4n) is 4.31. The van der Waals surface area contributed by atoms with Crippen LogP contribution in [0.2, 0.25) is 0 Å². The number of hydrogen-bond donors (Lipinski definition) is 1. The molecule has 0 aromatic heterocycles. The highest BCUT2D eigenvalue weighted by Crippen LogP contribution is 2.25. The Morgan fingerprint density at radius 3 is 2.27 bits per heavy atom. The Kier molecular flexibility index (Phi) is 6.84. The molecule has 4 rings (SSSR count). The number of nitrogens with one attached hydrogen (secondary N) is 1. The monoisotopic (exact) mass is 462 g/mol. The fraction of sp³-hybridized carbons (Fsp3) is 0.296. The lowest BCUT2D eigenvalue weighted by Gasteiger charge is -2.23. The minimum Gasteiger partial charge on any atom is -0.346 e. The number of anilines is 1. The minimum absolute atomic E-state index is 0.116. The van der Waals surface area contributed by atoms with E-state index in [-0.39, 0.29) is 18.5 Å². The molecule has 1 amide bonds. The molecule has 0 unspecified atom stereocenters. The predicted octanol–water partition coefficient (Wildman–Crippen LogP) is 5.02. The molecule has 3 aromatic carbocycles. The summed E-state index contributed by atoms with van der Waals surface area (Å²) in [5.74, 6) is -0.180. The standard InChI is InChI=1S/C27H30N2O3S/c1-20(24-13-12-22-10-6-7-11-25(22)18-24)28-27(30)23-14-16-26(17-15-23)29(33(2,31)32)19-21-8-4-3-5-9-21/h3-5,8-9,12-18,20H,6-7,10-11,19H2,1-2H3,(H,28,30)/t20-/m0/s1. The number of benzene rings is 3. The first-order valence-electron chi connectivity index (χ1n) is 11.4. The lowest BCUT2D eigenvalue weighted by atomic mass is 9.89. The van der Waals surface area contributed by atoms with Gasteiger partial charge in [-0.3, -0.25) is 9.10 Å². The third kappa shape index (κ3) is 5.63. The van der Waals surface area contributed by atoms with E-state index in [1.165, 1.54) is 34.5 Å². The number of aryl methyl sites for hydroxylation is 2. The molecule has 0 saturated heterocycles. The van der Waals surface area contributed by atoms with Crippen molar-refractivity contribution in [3.05, 3.63) is 101 Å². The van der Waals surface area contributed by atoms with Crippen LogP contribution in [0.4, 0.5) is 5.69 Å². The summed E-state index contributed by atoms with van der Waals surface area (Å²) in [5, 5.41) is 3.07. The first-order chi connectivity index (χ1) is 15.8. The van der Waals surface area contributed by atoms with Crippen LogP contribution in [0.15, 0.2) is 72.8 Å². The average molecular weight is 463 g/mol. The summed E-state index contributed by atoms with van der Waals surface area (Å²) in [5.41, 5.74) is 5.83. The zero-order chi connectivity index (χ0) is 23.4. The number of carbonyl (C=O) groups excluding carboxylic acids is 1. The number of sulfonamides is 1. The second-order valence-electron chi connectivity index (χ2n) is 8.73. The number of rotatable bonds is 7. The molecule has 0 bridgehead atoms. The molecule has 33 heavy (non-hydrogen) atoms. The van der Waals surface area contributed by atoms with E-state index in [4.69, 9.17) is 0 Å². The zero-order valence-corrected chi connectivity index (χ0v) is 19.9. The molecule has 172 valence electrons. The summed E-state index contributed by atoms with van der Waals surface area (Å²) in [6.45, 7) is 2.22. The molecule has 1 N–H and O–H groups in total. The van der Waals surface area contributed by atoms with E-state index in [0.717, 1.165) is 24.0 Å². The summed E-state index contributed by atoms with van der Waals surface area (Å²) in [6, 6.07) is 22.5. The molecule has 5 nitrogen and oxygen atoms in total. The van der Waals surface area contributed by atoms with Crippen LogP contribution in [0.5, 0.6) is 0 Å². The highest BCUT2D eigenvalue weighted by Gasteiger charge is 2.19. The van der Waals surface area contributed by atoms with Crippen LogP contribution in [-0.4, -0.2) is 20.6 Å². The van der Waals surface area contributed by atoms with Crippen LogP contribution < -0.4 is 9.62 Å². The molecule has 1 atom stereocenters. The van der Waals surface area contributed by atoms with Gasteiger partial charge in [0.15, 0.2) is 0 Å². The lowest BCUT2D eigenvalue weighted by Crippen LogP contribution is -2.29. The van der Waals surface area contributed by atoms with Crippen molar-refractivity contribution in [2.24, 2.45) is 0 Å². The Morgan fingerprint density at radius 1 is 0.939 bits per heavy atom. The molecule has 0 aliphatic heterocycles. The maximum atomic E-state index is 12.8. The SMILES string of the molecule is C[C@H](NC(=O)c1ccc(N(Cc2ccccc2)S(C)(=O)=O)cc1)c1ccc2c(c1)CCCC2. The van der Waals surface area contributed by atoms with Gasteiger partial charge >= 0.3 is 0 Å². The summed E-state index contributed by atoms with van der Waals surface area (Å²) in [7, 11) is -3.48. The van der Waals surface area contributed by atoms with Crippen LogP contribution in [0, 0.1) is 0 Å². The number of fused-ring (bicyclic) bond motifs is 1. The van der Waals surface area contributed by atoms with Crippen molar-refractivity contribution in [1.29, 1.82) is 0 Å². The van der Waals surface area contributed by atoms with Gasteiger partial charge in [-0.05, 0) is 79.1 Å². The second kappa shape index (κ2) is 9.79. The van der Waals surface area contributed by atoms with Crippen LogP contribution in [0.3, 0.4) is 0 Å². The maximum Gasteiger partial charge on any atom is 0.251 e. The normalized spacial score (nSPS) is 14.2. The molecule has 1 aliphatic rings. The third-order valence-electron chi connectivity index (χ3n) is 6.21. The summed E-state index contributed by atoms with van der Waals surface area (Å²) >= 11 is 0. The van der Waals surface area contributed by atoms with Crippen molar-refractivity contribution in [2.45, 2.75) is 45.2 Å². The van der Waals surface area contributed by atoms with Crippen molar-refractivity contribution >= 4 is 21.6 Å². The van der Waals surface area contributed by atoms with Crippen molar-refractivity contribution in [1.82, 2.24) is 5.32 Å². The van der Waals surface area contributed by atoms with Crippen LogP contribution in [0.25, 0.3) is 0 Å². The quantitative estimate of drug-likeness (QED) is 0.536. The van der Waals surface area contributed by atoms with E-state index in [9.17, 15) is 13.2 Å². The predicted molar refractivity (Wildman–Crippen MR) is 133 cm³/mol. The summed E-state index contributed by atoms with van der Waals surface area (Å²) < 4.78 is 26.2. The largest absolute Gasteiger partial charge is 0.346 e. The van der Waals surface area contributed by atoms with Gasteiger partial charge in [0.25, 0.3) is 5.91 Å². The van der Waals surface area contributed by atoms with E-state index < -0.39 is 10.0 Å². The van der Waals surface area contributed by atoms with Gasteiger partial charge in [0.2, 0.25) is 10.0 Å². The Labute approximate surface area is 196 Å². The molecule has 6 heteroatoms. The molecule has 3 aromatic rings. The van der Waals surface area contributed by atoms with Gasteiger partial charge in [0, 0.05) is 5.56 Å². The van der Waals surface area contributed by atoms with Gasteiger partial charge in [-0.25, -0.2) is 8.42 Å². The Morgan fingerprint density at radius 2 is 1.61 bits per heavy atom. The second-order valence-corrected chi connectivity index (χ2v) is 10.6. The Balaban J connectivity index is 1.47. The van der Waals surface area contributed by atoms with Gasteiger partial charge < -0.3 is 5.32 Å². The maximum absolute atomic E-state index is 12.8. The molecule has 0 spiro atoms. The van der Waals surface area contributed by atoms with Gasteiger partial charge in [0.1, 0.15) is 0 Å². The molecule has 0 heterocycles. The van der Waals surface area contributed by atoms with Crippen LogP contribution in [0.1, 0.15) is 58.4 Å². The van der Waals surface area contributed by atoms with Crippen molar-refractivity contribution < 1.29 is 13.2 Å². The fourth-order valence-corrected chi connectivity index (χ4v) is 5.20. The Hall–Kier alpha value is -3.12. The van der Waals surface area contributed by atoms with E-state index in [1.807, 2.05) is 37.3 Å². The van der Waals surface area contributed by atoms with Crippen molar-refractivity contribution in [3.63, 3.8) is 0 Å². The summed E-state index contributed by atoms with van der Waals surface area (Å²) in [6.07, 6.45) is 5.90. The van der Waals surface area contributed by atoms with E-state index in [1.54, 1.807) is 24.3 Å². The topological polar surface area (TPSA) is 66.5 Å². The lowest BCUT2D eigenvalue weighted by molar-refractivity contribution is 0.0940. The van der Waals surface area contributed by atoms with Crippen molar-refractivity contribution in [3.8, 4) is 0 Å². The van der Waals surface area contributed by atoms with Gasteiger partial charge in [0.05, 0.1) is 24.5 Å². The van der Waals surface area contributed by atoms with Crippen molar-refractivity contribution in [2.75, 3.05) is 10.6 Å². The number of nitrogens with zero attached hydrogens (tertiary/aromatic N) is 1. The highest BCUT2D eigenvalue weighted by atomic mass is 32.2.